The first kappa shape index (κ1) is 18.5. The van der Waals surface area contributed by atoms with Crippen LogP contribution in [0.15, 0.2) is 23.1 Å². The Kier molecular flexibility index (Phi) is 5.37. The average molecular weight is 345 g/mol. The van der Waals surface area contributed by atoms with E-state index >= 15 is 0 Å². The third-order valence-corrected chi connectivity index (χ3v) is 4.58. The molecule has 24 heavy (non-hydrogen) atoms. The van der Waals surface area contributed by atoms with Gasteiger partial charge in [0.05, 0.1) is 0 Å². The van der Waals surface area contributed by atoms with Gasteiger partial charge in [-0.05, 0) is 32.1 Å². The van der Waals surface area contributed by atoms with Gasteiger partial charge in [0.25, 0.3) is 5.56 Å². The molecular weight excluding hydrogens is 323 g/mol. The highest BCUT2D eigenvalue weighted by Crippen LogP contribution is 2.26. The highest BCUT2D eigenvalue weighted by molar-refractivity contribution is 5.76. The number of likely N-dealkylation sites (tertiary alicyclic amines) is 1. The van der Waals surface area contributed by atoms with E-state index in [1.165, 1.54) is 6.20 Å². The van der Waals surface area contributed by atoms with Crippen molar-refractivity contribution in [3.8, 4) is 0 Å². The molecule has 0 radical (unpaired) electrons. The summed E-state index contributed by atoms with van der Waals surface area (Å²) in [6, 6.07) is 2.09. The standard InChI is InChI=1S/C16H22F3N3O2/c1-4-11-8-22(9-13(11)20(2)3)14(23)10-21-7-5-6-12(15(21)24)16(17,18)19/h5-7,11,13H,4,8-10H2,1-3H3/t11-,13-/m1/s1. The molecule has 2 heterocycles. The molecule has 1 aromatic rings. The summed E-state index contributed by atoms with van der Waals surface area (Å²) < 4.78 is 39.2. The van der Waals surface area contributed by atoms with Gasteiger partial charge in [-0.25, -0.2) is 0 Å². The molecule has 0 N–H and O–H groups in total. The SMILES string of the molecule is CC[C@@H]1CN(C(=O)Cn2cccc(C(F)(F)F)c2=O)C[C@H]1N(C)C. The van der Waals surface area contributed by atoms with E-state index in [1.807, 2.05) is 21.0 Å². The summed E-state index contributed by atoms with van der Waals surface area (Å²) in [7, 11) is 3.89. The van der Waals surface area contributed by atoms with Crippen LogP contribution in [0.25, 0.3) is 0 Å². The fourth-order valence-electron chi connectivity index (χ4n) is 3.17. The van der Waals surface area contributed by atoms with E-state index in [-0.39, 0.29) is 18.5 Å². The monoisotopic (exact) mass is 345 g/mol. The number of pyridine rings is 1. The zero-order chi connectivity index (χ0) is 18.1. The number of halogens is 3. The lowest BCUT2D eigenvalue weighted by Crippen LogP contribution is -2.39. The maximum absolute atomic E-state index is 12.8. The van der Waals surface area contributed by atoms with Gasteiger partial charge in [0.15, 0.2) is 0 Å². The van der Waals surface area contributed by atoms with Gasteiger partial charge in [-0.3, -0.25) is 9.59 Å². The second kappa shape index (κ2) is 6.96. The molecule has 0 unspecified atom stereocenters. The summed E-state index contributed by atoms with van der Waals surface area (Å²) in [6.07, 6.45) is -2.59. The maximum atomic E-state index is 12.8. The molecule has 8 heteroatoms. The summed E-state index contributed by atoms with van der Waals surface area (Å²) in [4.78, 5) is 28.0. The van der Waals surface area contributed by atoms with E-state index in [2.05, 4.69) is 4.90 Å². The van der Waals surface area contributed by atoms with Crippen LogP contribution in [0, 0.1) is 5.92 Å². The van der Waals surface area contributed by atoms with Gasteiger partial charge in [-0.2, -0.15) is 13.2 Å². The van der Waals surface area contributed by atoms with E-state index < -0.39 is 17.3 Å². The topological polar surface area (TPSA) is 45.6 Å². The van der Waals surface area contributed by atoms with Crippen molar-refractivity contribution in [2.45, 2.75) is 32.1 Å². The first-order valence-electron chi connectivity index (χ1n) is 7.86. The van der Waals surface area contributed by atoms with Crippen LogP contribution < -0.4 is 5.56 Å². The summed E-state index contributed by atoms with van der Waals surface area (Å²) in [5.41, 5.74) is -2.44. The van der Waals surface area contributed by atoms with Gasteiger partial charge < -0.3 is 14.4 Å². The molecule has 0 aromatic carbocycles. The molecule has 0 saturated carbocycles. The molecule has 5 nitrogen and oxygen atoms in total. The lowest BCUT2D eigenvalue weighted by molar-refractivity contribution is -0.139. The first-order valence-corrected chi connectivity index (χ1v) is 7.86. The summed E-state index contributed by atoms with van der Waals surface area (Å²) in [5.74, 6) is -0.0126. The van der Waals surface area contributed by atoms with E-state index in [0.29, 0.717) is 19.0 Å². The Bertz CT molecular complexity index is 655. The Morgan fingerprint density at radius 3 is 2.50 bits per heavy atom. The number of hydrogen-bond acceptors (Lipinski definition) is 3. The molecule has 1 saturated heterocycles. The van der Waals surface area contributed by atoms with Crippen LogP contribution >= 0.6 is 0 Å². The lowest BCUT2D eigenvalue weighted by Gasteiger charge is -2.23. The van der Waals surface area contributed by atoms with E-state index in [1.54, 1.807) is 4.90 Å². The zero-order valence-corrected chi connectivity index (χ0v) is 14.0. The Labute approximate surface area is 138 Å². The van der Waals surface area contributed by atoms with Crippen LogP contribution in [0.5, 0.6) is 0 Å². The number of hydrogen-bond donors (Lipinski definition) is 0. The molecule has 2 rings (SSSR count). The van der Waals surface area contributed by atoms with Gasteiger partial charge >= 0.3 is 6.18 Å². The smallest absolute Gasteiger partial charge is 0.339 e. The molecule has 0 spiro atoms. The summed E-state index contributed by atoms with van der Waals surface area (Å²) in [6.45, 7) is 2.76. The van der Waals surface area contributed by atoms with Crippen molar-refractivity contribution in [1.29, 1.82) is 0 Å². The van der Waals surface area contributed by atoms with Gasteiger partial charge in [-0.15, -0.1) is 0 Å². The Morgan fingerprint density at radius 1 is 1.33 bits per heavy atom. The third kappa shape index (κ3) is 3.80. The van der Waals surface area contributed by atoms with E-state index in [9.17, 15) is 22.8 Å². The van der Waals surface area contributed by atoms with Crippen LogP contribution in [0.3, 0.4) is 0 Å². The largest absolute Gasteiger partial charge is 0.421 e. The molecule has 1 aliphatic rings. The first-order chi connectivity index (χ1) is 11.1. The number of carbonyl (C=O) groups excluding carboxylic acids is 1. The quantitative estimate of drug-likeness (QED) is 0.834. The number of alkyl halides is 3. The second-order valence-electron chi connectivity index (χ2n) is 6.35. The van der Waals surface area contributed by atoms with Crippen LogP contribution in [-0.4, -0.2) is 53.5 Å². The van der Waals surface area contributed by atoms with Gasteiger partial charge in [0.2, 0.25) is 5.91 Å². The second-order valence-corrected chi connectivity index (χ2v) is 6.35. The van der Waals surface area contributed by atoms with Gasteiger partial charge in [0.1, 0.15) is 12.1 Å². The number of nitrogens with zero attached hydrogens (tertiary/aromatic N) is 3. The number of amides is 1. The van der Waals surface area contributed by atoms with Gasteiger partial charge in [0, 0.05) is 25.3 Å². The minimum absolute atomic E-state index is 0.220. The van der Waals surface area contributed by atoms with Gasteiger partial charge in [-0.1, -0.05) is 13.3 Å². The normalized spacial score (nSPS) is 21.5. The van der Waals surface area contributed by atoms with Crippen LogP contribution in [0.4, 0.5) is 13.2 Å². The third-order valence-electron chi connectivity index (χ3n) is 4.58. The zero-order valence-electron chi connectivity index (χ0n) is 14.0. The highest BCUT2D eigenvalue weighted by atomic mass is 19.4. The van der Waals surface area contributed by atoms with Crippen molar-refractivity contribution in [2.75, 3.05) is 27.2 Å². The summed E-state index contributed by atoms with van der Waals surface area (Å²) in [5, 5.41) is 0. The van der Waals surface area contributed by atoms with Crippen molar-refractivity contribution in [3.05, 3.63) is 34.2 Å². The number of aromatic nitrogens is 1. The van der Waals surface area contributed by atoms with Crippen LogP contribution in [0.1, 0.15) is 18.9 Å². The van der Waals surface area contributed by atoms with Crippen molar-refractivity contribution < 1.29 is 18.0 Å². The highest BCUT2D eigenvalue weighted by Gasteiger charge is 2.36. The fourth-order valence-corrected chi connectivity index (χ4v) is 3.17. The Balaban J connectivity index is 2.15. The number of rotatable bonds is 4. The predicted molar refractivity (Wildman–Crippen MR) is 83.5 cm³/mol. The fraction of sp³-hybridized carbons (Fsp3) is 0.625. The van der Waals surface area contributed by atoms with Crippen molar-refractivity contribution in [3.63, 3.8) is 0 Å². The van der Waals surface area contributed by atoms with Crippen molar-refractivity contribution in [2.24, 2.45) is 5.92 Å². The lowest BCUT2D eigenvalue weighted by atomic mass is 10.0. The molecule has 1 aliphatic heterocycles. The van der Waals surface area contributed by atoms with Crippen molar-refractivity contribution >= 4 is 5.91 Å². The molecular formula is C16H22F3N3O2. The van der Waals surface area contributed by atoms with Crippen molar-refractivity contribution in [1.82, 2.24) is 14.4 Å². The average Bonchev–Trinajstić information content (AvgIpc) is 2.92. The van der Waals surface area contributed by atoms with E-state index in [0.717, 1.165) is 23.1 Å². The number of likely N-dealkylation sites (N-methyl/N-ethyl adjacent to an activating group) is 1. The molecule has 1 aromatic heterocycles. The van der Waals surface area contributed by atoms with E-state index in [4.69, 9.17) is 0 Å². The maximum Gasteiger partial charge on any atom is 0.421 e. The summed E-state index contributed by atoms with van der Waals surface area (Å²) >= 11 is 0. The molecule has 0 aliphatic carbocycles. The molecule has 134 valence electrons. The number of carbonyl (C=O) groups is 1. The predicted octanol–water partition coefficient (Wildman–Crippen LogP) is 1.67. The Hall–Kier alpha value is -1.83. The molecule has 2 atom stereocenters. The molecule has 1 amide bonds. The molecule has 0 bridgehead atoms. The van der Waals surface area contributed by atoms with Crippen LogP contribution in [-0.2, 0) is 17.5 Å². The Morgan fingerprint density at radius 2 is 2.00 bits per heavy atom. The molecule has 1 fully saturated rings. The van der Waals surface area contributed by atoms with Crippen LogP contribution in [0.2, 0.25) is 0 Å². The minimum Gasteiger partial charge on any atom is -0.339 e. The minimum atomic E-state index is -4.72.